The summed E-state index contributed by atoms with van der Waals surface area (Å²) in [7, 11) is 1.53. The van der Waals surface area contributed by atoms with Crippen LogP contribution in [0, 0.1) is 0 Å². The maximum absolute atomic E-state index is 12.6. The molecular formula is C13H13N7O. The number of fused-ring (bicyclic) bond motifs is 1. The van der Waals surface area contributed by atoms with E-state index in [9.17, 15) is 4.79 Å². The maximum atomic E-state index is 12.6. The number of benzene rings is 1. The number of guanidine groups is 1. The Bertz CT molecular complexity index is 803. The monoisotopic (exact) mass is 283 g/mol. The number of nitrogens with one attached hydrogen (secondary N) is 2. The van der Waals surface area contributed by atoms with Crippen molar-refractivity contribution in [1.29, 1.82) is 0 Å². The molecule has 1 aromatic carbocycles. The first-order valence-electron chi connectivity index (χ1n) is 6.20. The number of carbonyl (C=O) groups excluding carboxylic acids is 1. The van der Waals surface area contributed by atoms with E-state index < -0.39 is 0 Å². The average Bonchev–Trinajstić information content (AvgIpc) is 3.18. The third-order valence-electron chi connectivity index (χ3n) is 3.10. The topological polar surface area (TPSA) is 116 Å². The predicted octanol–water partition coefficient (Wildman–Crippen LogP) is 0.877. The number of aromatic amines is 2. The number of para-hydroxylation sites is 1. The van der Waals surface area contributed by atoms with Gasteiger partial charge in [0.2, 0.25) is 5.96 Å². The van der Waals surface area contributed by atoms with Gasteiger partial charge in [0, 0.05) is 18.6 Å². The van der Waals surface area contributed by atoms with Crippen LogP contribution in [0.3, 0.4) is 0 Å². The van der Waals surface area contributed by atoms with Crippen LogP contribution in [0.25, 0.3) is 10.9 Å². The molecule has 4 N–H and O–H groups in total. The fourth-order valence-electron chi connectivity index (χ4n) is 2.07. The van der Waals surface area contributed by atoms with Crippen LogP contribution in [0.15, 0.2) is 41.8 Å². The van der Waals surface area contributed by atoms with Crippen molar-refractivity contribution >= 4 is 28.5 Å². The lowest BCUT2D eigenvalue weighted by Gasteiger charge is -2.21. The first-order chi connectivity index (χ1) is 10.2. The highest BCUT2D eigenvalue weighted by molar-refractivity contribution is 6.24. The molecule has 0 saturated carbocycles. The van der Waals surface area contributed by atoms with Crippen LogP contribution in [0.5, 0.6) is 0 Å². The fraction of sp³-hybridized carbons (Fsp3) is 0.0769. The molecule has 106 valence electrons. The van der Waals surface area contributed by atoms with Crippen molar-refractivity contribution in [3.05, 3.63) is 42.4 Å². The fourth-order valence-corrected chi connectivity index (χ4v) is 2.07. The van der Waals surface area contributed by atoms with Gasteiger partial charge in [-0.15, -0.1) is 0 Å². The third kappa shape index (κ3) is 2.12. The van der Waals surface area contributed by atoms with E-state index in [4.69, 9.17) is 5.73 Å². The molecule has 0 saturated heterocycles. The molecule has 0 spiro atoms. The van der Waals surface area contributed by atoms with Gasteiger partial charge in [0.1, 0.15) is 0 Å². The summed E-state index contributed by atoms with van der Waals surface area (Å²) in [5.74, 6) is -0.239. The summed E-state index contributed by atoms with van der Waals surface area (Å²) in [4.78, 5) is 17.9. The molecule has 0 bridgehead atoms. The normalized spacial score (nSPS) is 11.8. The number of anilines is 1. The Hall–Kier alpha value is -3.16. The molecule has 21 heavy (non-hydrogen) atoms. The van der Waals surface area contributed by atoms with E-state index in [1.54, 1.807) is 12.3 Å². The van der Waals surface area contributed by atoms with Crippen LogP contribution >= 0.6 is 0 Å². The summed E-state index contributed by atoms with van der Waals surface area (Å²) in [5.41, 5.74) is 7.59. The van der Waals surface area contributed by atoms with Crippen molar-refractivity contribution < 1.29 is 4.79 Å². The number of aromatic nitrogens is 4. The maximum Gasteiger partial charge on any atom is 0.268 e. The molecule has 0 aliphatic rings. The highest BCUT2D eigenvalue weighted by atomic mass is 16.2. The molecule has 0 aliphatic carbocycles. The third-order valence-corrected chi connectivity index (χ3v) is 3.10. The molecule has 2 aromatic heterocycles. The van der Waals surface area contributed by atoms with Crippen LogP contribution in [0.1, 0.15) is 10.4 Å². The molecule has 0 aliphatic heterocycles. The lowest BCUT2D eigenvalue weighted by molar-refractivity contribution is 0.100. The van der Waals surface area contributed by atoms with E-state index in [1.807, 2.05) is 12.1 Å². The minimum absolute atomic E-state index is 0.0864. The van der Waals surface area contributed by atoms with Gasteiger partial charge in [-0.05, 0) is 6.07 Å². The predicted molar refractivity (Wildman–Crippen MR) is 79.0 cm³/mol. The number of hydrogen-bond acceptors (Lipinski definition) is 4. The Labute approximate surface area is 119 Å². The highest BCUT2D eigenvalue weighted by Gasteiger charge is 2.24. The van der Waals surface area contributed by atoms with Crippen LogP contribution in [0.2, 0.25) is 0 Å². The zero-order valence-electron chi connectivity index (χ0n) is 11.2. The molecule has 1 amide bonds. The lowest BCUT2D eigenvalue weighted by atomic mass is 10.2. The van der Waals surface area contributed by atoms with Crippen LogP contribution in [-0.2, 0) is 0 Å². The summed E-state index contributed by atoms with van der Waals surface area (Å²) in [6.07, 6.45) is 4.62. The van der Waals surface area contributed by atoms with Crippen molar-refractivity contribution in [2.24, 2.45) is 10.7 Å². The van der Waals surface area contributed by atoms with Crippen LogP contribution in [0.4, 0.5) is 5.69 Å². The zero-order chi connectivity index (χ0) is 14.8. The first kappa shape index (κ1) is 12.9. The molecule has 3 rings (SSSR count). The standard InChI is InChI=1S/C13H13N7O/c1-15-13(14)20(12(21)9-6-16-17-7-9)10-4-2-3-8-5-18-19-11(8)10/h2-7H,1H3,(H2,14,15)(H,16,17)(H,18,19). The number of hydrogen-bond donors (Lipinski definition) is 3. The van der Waals surface area contributed by atoms with Gasteiger partial charge in [0.15, 0.2) is 0 Å². The van der Waals surface area contributed by atoms with Gasteiger partial charge in [0.05, 0.1) is 29.2 Å². The Balaban J connectivity index is 2.17. The number of aliphatic imine (C=N–C) groups is 1. The highest BCUT2D eigenvalue weighted by Crippen LogP contribution is 2.25. The summed E-state index contributed by atoms with van der Waals surface area (Å²) >= 11 is 0. The lowest BCUT2D eigenvalue weighted by Crippen LogP contribution is -2.42. The average molecular weight is 283 g/mol. The number of amides is 1. The Morgan fingerprint density at radius 2 is 2.19 bits per heavy atom. The van der Waals surface area contributed by atoms with Gasteiger partial charge < -0.3 is 5.73 Å². The van der Waals surface area contributed by atoms with Crippen LogP contribution < -0.4 is 10.6 Å². The summed E-state index contributed by atoms with van der Waals surface area (Å²) in [6.45, 7) is 0. The summed E-state index contributed by atoms with van der Waals surface area (Å²) < 4.78 is 0. The molecule has 0 unspecified atom stereocenters. The largest absolute Gasteiger partial charge is 0.369 e. The SMILES string of the molecule is CN=C(N)N(C(=O)c1cn[nH]c1)c1cccc2cn[nH]c12. The summed E-state index contributed by atoms with van der Waals surface area (Å²) in [5, 5.41) is 14.1. The minimum atomic E-state index is -0.325. The molecule has 3 aromatic rings. The number of rotatable bonds is 2. The molecule has 0 fully saturated rings. The quantitative estimate of drug-likeness (QED) is 0.478. The second-order valence-corrected chi connectivity index (χ2v) is 4.32. The van der Waals surface area contributed by atoms with Gasteiger partial charge in [-0.25, -0.2) is 4.90 Å². The van der Waals surface area contributed by atoms with Gasteiger partial charge in [-0.2, -0.15) is 10.2 Å². The van der Waals surface area contributed by atoms with E-state index in [-0.39, 0.29) is 11.9 Å². The van der Waals surface area contributed by atoms with Gasteiger partial charge in [-0.3, -0.25) is 20.0 Å². The van der Waals surface area contributed by atoms with E-state index in [1.165, 1.54) is 24.3 Å². The van der Waals surface area contributed by atoms with Gasteiger partial charge in [-0.1, -0.05) is 12.1 Å². The van der Waals surface area contributed by atoms with E-state index in [2.05, 4.69) is 25.4 Å². The zero-order valence-corrected chi connectivity index (χ0v) is 11.2. The number of nitrogens with two attached hydrogens (primary N) is 1. The van der Waals surface area contributed by atoms with Crippen molar-refractivity contribution in [2.45, 2.75) is 0 Å². The van der Waals surface area contributed by atoms with Crippen molar-refractivity contribution in [1.82, 2.24) is 20.4 Å². The van der Waals surface area contributed by atoms with Crippen LogP contribution in [-0.4, -0.2) is 39.3 Å². The Kier molecular flexibility index (Phi) is 3.11. The molecule has 2 heterocycles. The molecule has 0 atom stereocenters. The molecule has 8 nitrogen and oxygen atoms in total. The van der Waals surface area contributed by atoms with Gasteiger partial charge >= 0.3 is 0 Å². The first-order valence-corrected chi connectivity index (χ1v) is 6.20. The molecule has 0 radical (unpaired) electrons. The van der Waals surface area contributed by atoms with Crippen molar-refractivity contribution in [3.8, 4) is 0 Å². The molecular weight excluding hydrogens is 270 g/mol. The number of nitrogens with zero attached hydrogens (tertiary/aromatic N) is 4. The molecule has 8 heteroatoms. The summed E-state index contributed by atoms with van der Waals surface area (Å²) in [6, 6.07) is 5.49. The Morgan fingerprint density at radius 1 is 1.33 bits per heavy atom. The second kappa shape index (κ2) is 5.08. The number of H-pyrrole nitrogens is 2. The van der Waals surface area contributed by atoms with Crippen molar-refractivity contribution in [2.75, 3.05) is 11.9 Å². The van der Waals surface area contributed by atoms with E-state index >= 15 is 0 Å². The minimum Gasteiger partial charge on any atom is -0.369 e. The Morgan fingerprint density at radius 3 is 2.90 bits per heavy atom. The van der Waals surface area contributed by atoms with E-state index in [0.717, 1.165) is 5.39 Å². The van der Waals surface area contributed by atoms with Crippen molar-refractivity contribution in [3.63, 3.8) is 0 Å². The van der Waals surface area contributed by atoms with Gasteiger partial charge in [0.25, 0.3) is 5.91 Å². The second-order valence-electron chi connectivity index (χ2n) is 4.32. The smallest absolute Gasteiger partial charge is 0.268 e. The van der Waals surface area contributed by atoms with E-state index in [0.29, 0.717) is 16.8 Å². The number of carbonyl (C=O) groups is 1.